The molecule has 5 nitrogen and oxygen atoms in total. The highest BCUT2D eigenvalue weighted by Gasteiger charge is 2.41. The smallest absolute Gasteiger partial charge is 0.172 e. The first-order valence-electron chi connectivity index (χ1n) is 8.74. The first-order valence-corrected chi connectivity index (χ1v) is 9.55. The summed E-state index contributed by atoms with van der Waals surface area (Å²) in [5.74, 6) is 0.0973. The van der Waals surface area contributed by atoms with E-state index in [4.69, 9.17) is 4.74 Å². The van der Waals surface area contributed by atoms with Gasteiger partial charge >= 0.3 is 0 Å². The van der Waals surface area contributed by atoms with Crippen LogP contribution in [0.25, 0.3) is 5.57 Å². The van der Waals surface area contributed by atoms with Crippen molar-refractivity contribution in [3.8, 4) is 18.2 Å². The molecule has 2 aliphatic rings. The maximum Gasteiger partial charge on any atom is 0.172 e. The molecule has 3 rings (SSSR count). The average molecular weight is 364 g/mol. The number of thiophene rings is 1. The largest absolute Gasteiger partial charge is 0.479 e. The zero-order valence-corrected chi connectivity index (χ0v) is 15.7. The molecule has 6 heteroatoms. The number of hydrogen-bond acceptors (Lipinski definition) is 6. The van der Waals surface area contributed by atoms with E-state index < -0.39 is 5.60 Å². The van der Waals surface area contributed by atoms with Crippen molar-refractivity contribution in [3.63, 3.8) is 0 Å². The fourth-order valence-corrected chi connectivity index (χ4v) is 4.87. The summed E-state index contributed by atoms with van der Waals surface area (Å²) in [5, 5.41) is 31.6. The highest BCUT2D eigenvalue weighted by molar-refractivity contribution is 7.13. The number of rotatable bonds is 2. The van der Waals surface area contributed by atoms with Gasteiger partial charge in [-0.05, 0) is 45.4 Å². The van der Waals surface area contributed by atoms with Crippen molar-refractivity contribution in [3.05, 3.63) is 38.8 Å². The highest BCUT2D eigenvalue weighted by Crippen LogP contribution is 2.47. The molecule has 2 aliphatic heterocycles. The maximum absolute atomic E-state index is 9.68. The molecule has 1 unspecified atom stereocenters. The van der Waals surface area contributed by atoms with Crippen molar-refractivity contribution >= 4 is 16.9 Å². The molecule has 0 spiro atoms. The Balaban J connectivity index is 2.06. The average Bonchev–Trinajstić information content (AvgIpc) is 3.07. The van der Waals surface area contributed by atoms with Crippen LogP contribution in [0.15, 0.2) is 29.0 Å². The summed E-state index contributed by atoms with van der Waals surface area (Å²) in [4.78, 5) is 2.21. The van der Waals surface area contributed by atoms with Gasteiger partial charge < -0.3 is 10.1 Å². The Morgan fingerprint density at radius 3 is 2.65 bits per heavy atom. The predicted molar refractivity (Wildman–Crippen MR) is 99.5 cm³/mol. The highest BCUT2D eigenvalue weighted by atomic mass is 32.1. The van der Waals surface area contributed by atoms with Gasteiger partial charge in [0.1, 0.15) is 29.4 Å². The summed E-state index contributed by atoms with van der Waals surface area (Å²) in [5.41, 5.74) is 0.114. The maximum atomic E-state index is 9.68. The van der Waals surface area contributed by atoms with Crippen molar-refractivity contribution in [2.24, 2.45) is 0 Å². The Hall–Kier alpha value is -2.59. The number of nitrogens with zero attached hydrogens (tertiary/aromatic N) is 3. The molecule has 26 heavy (non-hydrogen) atoms. The van der Waals surface area contributed by atoms with E-state index in [0.29, 0.717) is 6.04 Å². The van der Waals surface area contributed by atoms with Gasteiger partial charge in [-0.25, -0.2) is 0 Å². The van der Waals surface area contributed by atoms with Gasteiger partial charge in [-0.15, -0.1) is 11.3 Å². The lowest BCUT2D eigenvalue weighted by Gasteiger charge is -2.21. The zero-order chi connectivity index (χ0) is 18.7. The first kappa shape index (κ1) is 18.2. The van der Waals surface area contributed by atoms with Crippen LogP contribution in [-0.2, 0) is 4.74 Å². The summed E-state index contributed by atoms with van der Waals surface area (Å²) in [6.07, 6.45) is 4.79. The molecule has 1 N–H and O–H groups in total. The van der Waals surface area contributed by atoms with Crippen LogP contribution in [0.2, 0.25) is 0 Å². The minimum absolute atomic E-state index is 0.0973. The summed E-state index contributed by atoms with van der Waals surface area (Å²) in [6, 6.07) is 10.3. The molecule has 0 saturated carbocycles. The van der Waals surface area contributed by atoms with E-state index in [2.05, 4.69) is 17.5 Å². The Morgan fingerprint density at radius 2 is 1.96 bits per heavy atom. The second-order valence-corrected chi connectivity index (χ2v) is 8.08. The van der Waals surface area contributed by atoms with Gasteiger partial charge in [-0.3, -0.25) is 0 Å². The summed E-state index contributed by atoms with van der Waals surface area (Å²) in [7, 11) is 0. The molecule has 0 aromatic carbocycles. The van der Waals surface area contributed by atoms with E-state index in [9.17, 15) is 15.8 Å². The Labute approximate surface area is 157 Å². The lowest BCUT2D eigenvalue weighted by molar-refractivity contribution is 0.109. The van der Waals surface area contributed by atoms with Gasteiger partial charge in [0.05, 0.1) is 0 Å². The van der Waals surface area contributed by atoms with Crippen LogP contribution >= 0.6 is 11.3 Å². The van der Waals surface area contributed by atoms with Crippen molar-refractivity contribution < 1.29 is 4.74 Å². The lowest BCUT2D eigenvalue weighted by atomic mass is 9.94. The fourth-order valence-electron chi connectivity index (χ4n) is 3.55. The zero-order valence-electron chi connectivity index (χ0n) is 14.9. The second-order valence-electron chi connectivity index (χ2n) is 6.96. The number of hydrogen-bond donors (Lipinski definition) is 1. The molecule has 1 aromatic heterocycles. The van der Waals surface area contributed by atoms with E-state index in [1.54, 1.807) is 11.3 Å². The van der Waals surface area contributed by atoms with Crippen molar-refractivity contribution in [2.45, 2.75) is 51.2 Å². The van der Waals surface area contributed by atoms with Crippen LogP contribution in [-0.4, -0.2) is 12.1 Å². The summed E-state index contributed by atoms with van der Waals surface area (Å²) < 4.78 is 5.87. The van der Waals surface area contributed by atoms with E-state index in [0.717, 1.165) is 23.4 Å². The van der Waals surface area contributed by atoms with Gasteiger partial charge in [0.25, 0.3) is 0 Å². The molecule has 1 saturated heterocycles. The monoisotopic (exact) mass is 364 g/mol. The van der Waals surface area contributed by atoms with Gasteiger partial charge in [-0.2, -0.15) is 15.8 Å². The van der Waals surface area contributed by atoms with Crippen molar-refractivity contribution in [1.82, 2.24) is 5.32 Å². The topological polar surface area (TPSA) is 92.6 Å². The third kappa shape index (κ3) is 3.25. The van der Waals surface area contributed by atoms with Crippen LogP contribution in [0.3, 0.4) is 0 Å². The third-order valence-corrected chi connectivity index (χ3v) is 5.99. The van der Waals surface area contributed by atoms with Gasteiger partial charge in [0.15, 0.2) is 11.3 Å². The Bertz CT molecular complexity index is 877. The van der Waals surface area contributed by atoms with E-state index in [1.165, 1.54) is 24.1 Å². The molecule has 132 valence electrons. The molecule has 0 amide bonds. The first-order chi connectivity index (χ1) is 12.5. The van der Waals surface area contributed by atoms with Crippen LogP contribution < -0.4 is 5.32 Å². The fraction of sp³-hybridized carbons (Fsp3) is 0.450. The summed E-state index contributed by atoms with van der Waals surface area (Å²) >= 11 is 1.66. The third-order valence-electron chi connectivity index (χ3n) is 4.78. The molecule has 0 radical (unpaired) electrons. The molecule has 0 aliphatic carbocycles. The van der Waals surface area contributed by atoms with E-state index >= 15 is 0 Å². The normalized spacial score (nSPS) is 22.0. The van der Waals surface area contributed by atoms with Crippen LogP contribution in [0.5, 0.6) is 0 Å². The minimum Gasteiger partial charge on any atom is -0.479 e. The standard InChI is InChI=1S/C20H20N4OS/c1-20(2)18(14(12-23)19(25-20)13(10-21)11-22)17-8-7-16(26-17)15-6-4-3-5-9-24-15/h7-8,15,24H,3-6,9H2,1-2H3. The molecule has 1 atom stereocenters. The van der Waals surface area contributed by atoms with E-state index in [1.807, 2.05) is 32.1 Å². The van der Waals surface area contributed by atoms with Crippen LogP contribution in [0.4, 0.5) is 0 Å². The van der Waals surface area contributed by atoms with Crippen LogP contribution in [0.1, 0.15) is 55.3 Å². The minimum atomic E-state index is -0.766. The Kier molecular flexibility index (Phi) is 5.14. The quantitative estimate of drug-likeness (QED) is 0.788. The van der Waals surface area contributed by atoms with Gasteiger partial charge in [0, 0.05) is 21.4 Å². The number of nitriles is 3. The SMILES string of the molecule is CC1(C)OC(=C(C#N)C#N)C(C#N)=C1c1ccc(C2CCCCCN2)s1. The van der Waals surface area contributed by atoms with Crippen LogP contribution in [0, 0.1) is 34.0 Å². The predicted octanol–water partition coefficient (Wildman–Crippen LogP) is 4.34. The molecule has 1 aromatic rings. The number of ether oxygens (including phenoxy) is 1. The number of nitrogens with one attached hydrogen (secondary N) is 1. The summed E-state index contributed by atoms with van der Waals surface area (Å²) in [6.45, 7) is 4.75. The lowest BCUT2D eigenvalue weighted by Crippen LogP contribution is -2.20. The molecular weight excluding hydrogens is 344 g/mol. The molecule has 0 bridgehead atoms. The number of allylic oxidation sites excluding steroid dienone is 2. The van der Waals surface area contributed by atoms with Crippen molar-refractivity contribution in [2.75, 3.05) is 6.54 Å². The molecule has 3 heterocycles. The Morgan fingerprint density at radius 1 is 1.19 bits per heavy atom. The second kappa shape index (κ2) is 7.34. The van der Waals surface area contributed by atoms with Gasteiger partial charge in [0.2, 0.25) is 0 Å². The molecular formula is C20H20N4OS. The molecule has 1 fully saturated rings. The van der Waals surface area contributed by atoms with Gasteiger partial charge in [-0.1, -0.05) is 12.8 Å². The van der Waals surface area contributed by atoms with Crippen molar-refractivity contribution in [1.29, 1.82) is 15.8 Å². The van der Waals surface area contributed by atoms with E-state index in [-0.39, 0.29) is 16.9 Å².